The topological polar surface area (TPSA) is 103 Å². The molecule has 212 valence electrons. The third-order valence-electron chi connectivity index (χ3n) is 6.94. The van der Waals surface area contributed by atoms with Gasteiger partial charge in [-0.1, -0.05) is 42.5 Å². The maximum Gasteiger partial charge on any atom is 0.254 e. The molecule has 1 heterocycles. The SMILES string of the molecule is CCNc1cc(C(=O)N[C@@H](Cc2ccccc2)[C@H](O)CNCc2cccc(OC)c2)c(F)c(N2CCCC2=O)c1. The molecule has 1 fully saturated rings. The summed E-state index contributed by atoms with van der Waals surface area (Å²) in [7, 11) is 1.61. The van der Waals surface area contributed by atoms with E-state index in [1.807, 2.05) is 61.5 Å². The number of anilines is 2. The Labute approximate surface area is 234 Å². The molecule has 0 aromatic heterocycles. The van der Waals surface area contributed by atoms with Crippen LogP contribution in [0, 0.1) is 5.82 Å². The van der Waals surface area contributed by atoms with Gasteiger partial charge in [-0.2, -0.15) is 0 Å². The van der Waals surface area contributed by atoms with Gasteiger partial charge in [-0.3, -0.25) is 9.59 Å². The van der Waals surface area contributed by atoms with Crippen molar-refractivity contribution in [2.75, 3.05) is 37.0 Å². The van der Waals surface area contributed by atoms with E-state index in [4.69, 9.17) is 4.74 Å². The minimum atomic E-state index is -0.964. The van der Waals surface area contributed by atoms with Gasteiger partial charge < -0.3 is 30.7 Å². The molecule has 0 radical (unpaired) electrons. The maximum atomic E-state index is 15.7. The Hall–Kier alpha value is -3.95. The lowest BCUT2D eigenvalue weighted by molar-refractivity contribution is -0.117. The minimum absolute atomic E-state index is 0.0891. The van der Waals surface area contributed by atoms with Gasteiger partial charge in [0.1, 0.15) is 5.75 Å². The van der Waals surface area contributed by atoms with Crippen LogP contribution in [-0.4, -0.2) is 55.8 Å². The minimum Gasteiger partial charge on any atom is -0.497 e. The zero-order valence-electron chi connectivity index (χ0n) is 23.0. The fraction of sp³-hybridized carbons (Fsp3) is 0.355. The third-order valence-corrected chi connectivity index (χ3v) is 6.94. The van der Waals surface area contributed by atoms with Crippen LogP contribution in [0.15, 0.2) is 66.7 Å². The number of hydrogen-bond acceptors (Lipinski definition) is 6. The molecule has 9 heteroatoms. The second-order valence-corrected chi connectivity index (χ2v) is 9.86. The van der Waals surface area contributed by atoms with Gasteiger partial charge in [-0.05, 0) is 55.2 Å². The molecule has 0 bridgehead atoms. The maximum absolute atomic E-state index is 15.7. The monoisotopic (exact) mass is 548 g/mol. The molecule has 1 aliphatic rings. The van der Waals surface area contributed by atoms with Crippen LogP contribution in [0.25, 0.3) is 0 Å². The van der Waals surface area contributed by atoms with E-state index in [0.717, 1.165) is 16.9 Å². The van der Waals surface area contributed by atoms with Crippen molar-refractivity contribution >= 4 is 23.2 Å². The lowest BCUT2D eigenvalue weighted by Gasteiger charge is -2.26. The van der Waals surface area contributed by atoms with E-state index in [2.05, 4.69) is 16.0 Å². The van der Waals surface area contributed by atoms with E-state index >= 15 is 4.39 Å². The van der Waals surface area contributed by atoms with Crippen molar-refractivity contribution in [3.05, 3.63) is 89.2 Å². The number of aliphatic hydroxyl groups is 1. The van der Waals surface area contributed by atoms with E-state index in [9.17, 15) is 14.7 Å². The highest BCUT2D eigenvalue weighted by atomic mass is 19.1. The summed E-state index contributed by atoms with van der Waals surface area (Å²) in [5.74, 6) is -0.833. The Kier molecular flexibility index (Phi) is 10.1. The molecule has 4 rings (SSSR count). The average Bonchev–Trinajstić information content (AvgIpc) is 3.39. The molecule has 40 heavy (non-hydrogen) atoms. The van der Waals surface area contributed by atoms with E-state index < -0.39 is 23.9 Å². The molecule has 2 atom stereocenters. The molecule has 0 aliphatic carbocycles. The highest BCUT2D eigenvalue weighted by Crippen LogP contribution is 2.30. The largest absolute Gasteiger partial charge is 0.497 e. The van der Waals surface area contributed by atoms with Crippen molar-refractivity contribution in [2.24, 2.45) is 0 Å². The van der Waals surface area contributed by atoms with Gasteiger partial charge in [0.25, 0.3) is 5.91 Å². The first kappa shape index (κ1) is 29.0. The molecule has 3 aromatic rings. The number of carbonyl (C=O) groups excluding carboxylic acids is 2. The number of ether oxygens (including phenoxy) is 1. The van der Waals surface area contributed by atoms with Gasteiger partial charge in [0.2, 0.25) is 5.91 Å². The summed E-state index contributed by atoms with van der Waals surface area (Å²) >= 11 is 0. The Bertz CT molecular complexity index is 1300. The lowest BCUT2D eigenvalue weighted by Crippen LogP contribution is -2.49. The van der Waals surface area contributed by atoms with E-state index in [1.54, 1.807) is 13.2 Å². The fourth-order valence-electron chi connectivity index (χ4n) is 4.87. The van der Waals surface area contributed by atoms with Crippen LogP contribution in [0.5, 0.6) is 5.75 Å². The second kappa shape index (κ2) is 13.9. The molecule has 0 spiro atoms. The predicted octanol–water partition coefficient (Wildman–Crippen LogP) is 3.88. The van der Waals surface area contributed by atoms with E-state index in [-0.39, 0.29) is 23.7 Å². The smallest absolute Gasteiger partial charge is 0.254 e. The summed E-state index contributed by atoms with van der Waals surface area (Å²) in [6.07, 6.45) is 0.370. The van der Waals surface area contributed by atoms with Crippen LogP contribution in [0.2, 0.25) is 0 Å². The Morgan fingerprint density at radius 1 is 1.10 bits per heavy atom. The highest BCUT2D eigenvalue weighted by Gasteiger charge is 2.29. The Morgan fingerprint density at radius 3 is 2.58 bits per heavy atom. The van der Waals surface area contributed by atoms with Gasteiger partial charge >= 0.3 is 0 Å². The summed E-state index contributed by atoms with van der Waals surface area (Å²) in [5, 5.41) is 20.4. The number of carbonyl (C=O) groups is 2. The molecule has 1 aliphatic heterocycles. The summed E-state index contributed by atoms with van der Waals surface area (Å²) in [5.41, 5.74) is 2.36. The number of aliphatic hydroxyl groups excluding tert-OH is 1. The van der Waals surface area contributed by atoms with Gasteiger partial charge in [0.15, 0.2) is 5.82 Å². The number of methoxy groups -OCH3 is 1. The zero-order chi connectivity index (χ0) is 28.5. The van der Waals surface area contributed by atoms with Crippen LogP contribution in [0.3, 0.4) is 0 Å². The number of hydrogen-bond donors (Lipinski definition) is 4. The first-order valence-corrected chi connectivity index (χ1v) is 13.6. The van der Waals surface area contributed by atoms with Crippen molar-refractivity contribution in [3.63, 3.8) is 0 Å². The Balaban J connectivity index is 1.53. The molecule has 4 N–H and O–H groups in total. The highest BCUT2D eigenvalue weighted by molar-refractivity contribution is 6.00. The number of benzene rings is 3. The van der Waals surface area contributed by atoms with Gasteiger partial charge in [0.05, 0.1) is 30.5 Å². The lowest BCUT2D eigenvalue weighted by atomic mass is 10.00. The molecule has 8 nitrogen and oxygen atoms in total. The molecule has 0 saturated carbocycles. The number of amides is 2. The van der Waals surface area contributed by atoms with Crippen LogP contribution < -0.4 is 25.6 Å². The van der Waals surface area contributed by atoms with Crippen molar-refractivity contribution in [1.82, 2.24) is 10.6 Å². The van der Waals surface area contributed by atoms with Crippen LogP contribution in [-0.2, 0) is 17.8 Å². The van der Waals surface area contributed by atoms with Gasteiger partial charge in [0, 0.05) is 38.3 Å². The standard InChI is InChI=1S/C31H37FN4O4/c1-3-34-23-17-25(30(32)27(18-23)36-14-8-13-29(36)38)31(39)35-26(16-21-9-5-4-6-10-21)28(37)20-33-19-22-11-7-12-24(15-22)40-2/h4-7,9-12,15,17-18,26,28,33-34,37H,3,8,13-14,16,19-20H2,1-2H3,(H,35,39)/t26-,28+/m0/s1. The van der Waals surface area contributed by atoms with Crippen LogP contribution in [0.4, 0.5) is 15.8 Å². The molecule has 1 saturated heterocycles. The van der Waals surface area contributed by atoms with Crippen molar-refractivity contribution in [2.45, 2.75) is 44.9 Å². The number of nitrogens with one attached hydrogen (secondary N) is 3. The third kappa shape index (κ3) is 7.37. The first-order valence-electron chi connectivity index (χ1n) is 13.6. The molecule has 0 unspecified atom stereocenters. The molecular weight excluding hydrogens is 511 g/mol. The van der Waals surface area contributed by atoms with E-state index in [0.29, 0.717) is 44.6 Å². The van der Waals surface area contributed by atoms with Crippen LogP contribution in [0.1, 0.15) is 41.3 Å². The summed E-state index contributed by atoms with van der Waals surface area (Å²) in [6, 6.07) is 19.4. The van der Waals surface area contributed by atoms with E-state index in [1.165, 1.54) is 11.0 Å². The number of halogens is 1. The first-order chi connectivity index (χ1) is 19.4. The number of rotatable bonds is 13. The van der Waals surface area contributed by atoms with Crippen molar-refractivity contribution in [1.29, 1.82) is 0 Å². The predicted molar refractivity (Wildman–Crippen MR) is 154 cm³/mol. The second-order valence-electron chi connectivity index (χ2n) is 9.86. The average molecular weight is 549 g/mol. The van der Waals surface area contributed by atoms with Gasteiger partial charge in [-0.15, -0.1) is 0 Å². The summed E-state index contributed by atoms with van der Waals surface area (Å²) in [6.45, 7) is 3.55. The van der Waals surface area contributed by atoms with Crippen molar-refractivity contribution in [3.8, 4) is 5.75 Å². The summed E-state index contributed by atoms with van der Waals surface area (Å²) < 4.78 is 21.0. The van der Waals surface area contributed by atoms with Gasteiger partial charge in [-0.25, -0.2) is 4.39 Å². The van der Waals surface area contributed by atoms with Crippen molar-refractivity contribution < 1.29 is 23.8 Å². The zero-order valence-corrected chi connectivity index (χ0v) is 23.0. The number of nitrogens with zero attached hydrogens (tertiary/aromatic N) is 1. The summed E-state index contributed by atoms with van der Waals surface area (Å²) in [4.78, 5) is 27.3. The molecule has 3 aromatic carbocycles. The quantitative estimate of drug-likeness (QED) is 0.259. The Morgan fingerprint density at radius 2 is 1.88 bits per heavy atom. The normalized spacial score (nSPS) is 14.6. The van der Waals surface area contributed by atoms with Crippen LogP contribution >= 0.6 is 0 Å². The fourth-order valence-corrected chi connectivity index (χ4v) is 4.87. The molecular formula is C31H37FN4O4. The molecule has 2 amide bonds.